The predicted octanol–water partition coefficient (Wildman–Crippen LogP) is 2.91. The number of nitrogens with zero attached hydrogens (tertiary/aromatic N) is 1. The molecule has 5 nitrogen and oxygen atoms in total. The van der Waals surface area contributed by atoms with E-state index in [0.717, 1.165) is 43.7 Å². The number of amides is 1. The Morgan fingerprint density at radius 2 is 2.23 bits per heavy atom. The van der Waals surface area contributed by atoms with Crippen LogP contribution in [-0.2, 0) is 4.79 Å². The van der Waals surface area contributed by atoms with E-state index in [9.17, 15) is 4.79 Å². The van der Waals surface area contributed by atoms with Crippen molar-refractivity contribution in [2.45, 2.75) is 32.6 Å². The molecule has 1 heterocycles. The number of hydrogen-bond donors (Lipinski definition) is 2. The first-order chi connectivity index (χ1) is 10.7. The predicted molar refractivity (Wildman–Crippen MR) is 93.7 cm³/mol. The summed E-state index contributed by atoms with van der Waals surface area (Å²) < 4.78 is 5.40. The summed E-state index contributed by atoms with van der Waals surface area (Å²) in [6, 6.07) is 5.68. The molecule has 0 bridgehead atoms. The molecule has 1 fully saturated rings. The fourth-order valence-corrected chi connectivity index (χ4v) is 2.67. The van der Waals surface area contributed by atoms with Crippen LogP contribution in [-0.4, -0.2) is 31.2 Å². The number of methoxy groups -OCH3 is 1. The minimum atomic E-state index is 0.147. The molecule has 0 unspecified atom stereocenters. The van der Waals surface area contributed by atoms with Gasteiger partial charge in [-0.3, -0.25) is 4.79 Å². The highest BCUT2D eigenvalue weighted by Crippen LogP contribution is 2.33. The van der Waals surface area contributed by atoms with Crippen molar-refractivity contribution >= 4 is 34.6 Å². The zero-order chi connectivity index (χ0) is 15.9. The summed E-state index contributed by atoms with van der Waals surface area (Å²) in [5.74, 6) is 0.849. The monoisotopic (exact) mass is 321 g/mol. The van der Waals surface area contributed by atoms with Crippen molar-refractivity contribution in [3.05, 3.63) is 18.2 Å². The van der Waals surface area contributed by atoms with Crippen LogP contribution in [0.5, 0.6) is 5.75 Å². The third kappa shape index (κ3) is 4.10. The van der Waals surface area contributed by atoms with Crippen LogP contribution in [0.25, 0.3) is 0 Å². The van der Waals surface area contributed by atoms with Crippen LogP contribution in [0.4, 0.5) is 11.4 Å². The third-order valence-electron chi connectivity index (χ3n) is 3.59. The Hall–Kier alpha value is -1.82. The SMILES string of the molecule is CCCNC(=S)Nc1ccc(OC)c(N2CCCCC2=O)c1. The van der Waals surface area contributed by atoms with E-state index in [4.69, 9.17) is 17.0 Å². The highest BCUT2D eigenvalue weighted by molar-refractivity contribution is 7.80. The summed E-state index contributed by atoms with van der Waals surface area (Å²) in [5, 5.41) is 6.86. The average molecular weight is 321 g/mol. The number of anilines is 2. The molecule has 22 heavy (non-hydrogen) atoms. The van der Waals surface area contributed by atoms with E-state index in [0.29, 0.717) is 17.3 Å². The van der Waals surface area contributed by atoms with Crippen molar-refractivity contribution < 1.29 is 9.53 Å². The van der Waals surface area contributed by atoms with Crippen molar-refractivity contribution in [3.63, 3.8) is 0 Å². The van der Waals surface area contributed by atoms with Crippen LogP contribution in [0.1, 0.15) is 32.6 Å². The summed E-state index contributed by atoms with van der Waals surface area (Å²) in [5.41, 5.74) is 1.65. The molecule has 2 N–H and O–H groups in total. The quantitative estimate of drug-likeness (QED) is 0.817. The number of carbonyl (C=O) groups excluding carboxylic acids is 1. The lowest BCUT2D eigenvalue weighted by Crippen LogP contribution is -2.35. The summed E-state index contributed by atoms with van der Waals surface area (Å²) >= 11 is 5.25. The van der Waals surface area contributed by atoms with Gasteiger partial charge >= 0.3 is 0 Å². The van der Waals surface area contributed by atoms with Gasteiger partial charge in [-0.2, -0.15) is 0 Å². The lowest BCUT2D eigenvalue weighted by atomic mass is 10.1. The number of benzene rings is 1. The molecular formula is C16H23N3O2S. The second-order valence-corrected chi connectivity index (χ2v) is 5.68. The first-order valence-corrected chi connectivity index (χ1v) is 8.09. The van der Waals surface area contributed by atoms with Crippen LogP contribution < -0.4 is 20.3 Å². The standard InChI is InChI=1S/C16H23N3O2S/c1-3-9-17-16(22)18-12-7-8-14(21-2)13(11-12)19-10-5-4-6-15(19)20/h7-8,11H,3-6,9-10H2,1-2H3,(H2,17,18,22). The number of thiocarbonyl (C=S) groups is 1. The maximum Gasteiger partial charge on any atom is 0.227 e. The Bertz CT molecular complexity index is 548. The zero-order valence-electron chi connectivity index (χ0n) is 13.1. The summed E-state index contributed by atoms with van der Waals surface area (Å²) in [4.78, 5) is 14.0. The molecule has 0 aromatic heterocycles. The lowest BCUT2D eigenvalue weighted by molar-refractivity contribution is -0.119. The van der Waals surface area contributed by atoms with Gasteiger partial charge in [0.25, 0.3) is 0 Å². The first-order valence-electron chi connectivity index (χ1n) is 7.69. The van der Waals surface area contributed by atoms with E-state index in [1.807, 2.05) is 18.2 Å². The van der Waals surface area contributed by atoms with Crippen molar-refractivity contribution in [1.82, 2.24) is 5.32 Å². The topological polar surface area (TPSA) is 53.6 Å². The highest BCUT2D eigenvalue weighted by atomic mass is 32.1. The van der Waals surface area contributed by atoms with Gasteiger partial charge in [0.15, 0.2) is 5.11 Å². The number of piperidine rings is 1. The van der Waals surface area contributed by atoms with Gasteiger partial charge in [-0.05, 0) is 49.7 Å². The fraction of sp³-hybridized carbons (Fsp3) is 0.500. The Morgan fingerprint density at radius 1 is 1.41 bits per heavy atom. The molecular weight excluding hydrogens is 298 g/mol. The zero-order valence-corrected chi connectivity index (χ0v) is 14.0. The van der Waals surface area contributed by atoms with Crippen LogP contribution in [0.3, 0.4) is 0 Å². The fourth-order valence-electron chi connectivity index (χ4n) is 2.45. The highest BCUT2D eigenvalue weighted by Gasteiger charge is 2.22. The number of rotatable bonds is 5. The van der Waals surface area contributed by atoms with Gasteiger partial charge in [0.05, 0.1) is 12.8 Å². The Kier molecular flexibility index (Phi) is 6.00. The van der Waals surface area contributed by atoms with Crippen molar-refractivity contribution in [3.8, 4) is 5.75 Å². The third-order valence-corrected chi connectivity index (χ3v) is 3.83. The molecule has 1 amide bonds. The molecule has 0 atom stereocenters. The number of nitrogens with one attached hydrogen (secondary N) is 2. The van der Waals surface area contributed by atoms with E-state index < -0.39 is 0 Å². The summed E-state index contributed by atoms with van der Waals surface area (Å²) in [6.45, 7) is 3.65. The van der Waals surface area contributed by atoms with Crippen LogP contribution >= 0.6 is 12.2 Å². The normalized spacial score (nSPS) is 14.6. The molecule has 1 aromatic rings. The second kappa shape index (κ2) is 7.98. The van der Waals surface area contributed by atoms with Gasteiger partial charge in [-0.15, -0.1) is 0 Å². The van der Waals surface area contributed by atoms with E-state index in [1.165, 1.54) is 0 Å². The maximum absolute atomic E-state index is 12.1. The van der Waals surface area contributed by atoms with Crippen LogP contribution in [0.2, 0.25) is 0 Å². The Balaban J connectivity index is 2.18. The first kappa shape index (κ1) is 16.5. The Labute approximate surface area is 137 Å². The second-order valence-electron chi connectivity index (χ2n) is 5.27. The smallest absolute Gasteiger partial charge is 0.227 e. The minimum Gasteiger partial charge on any atom is -0.495 e. The Morgan fingerprint density at radius 3 is 2.91 bits per heavy atom. The van der Waals surface area contributed by atoms with Crippen molar-refractivity contribution in [2.24, 2.45) is 0 Å². The average Bonchev–Trinajstić information content (AvgIpc) is 2.53. The van der Waals surface area contributed by atoms with Gasteiger partial charge in [-0.1, -0.05) is 6.92 Å². The molecule has 0 radical (unpaired) electrons. The number of carbonyl (C=O) groups is 1. The molecule has 120 valence electrons. The number of ether oxygens (including phenoxy) is 1. The molecule has 0 aliphatic carbocycles. The van der Waals surface area contributed by atoms with Crippen LogP contribution in [0.15, 0.2) is 18.2 Å². The van der Waals surface area contributed by atoms with E-state index >= 15 is 0 Å². The van der Waals surface area contributed by atoms with Gasteiger partial charge in [0.1, 0.15) is 5.75 Å². The van der Waals surface area contributed by atoms with E-state index in [-0.39, 0.29) is 5.91 Å². The van der Waals surface area contributed by atoms with Crippen molar-refractivity contribution in [2.75, 3.05) is 30.4 Å². The molecule has 2 rings (SSSR count). The molecule has 6 heteroatoms. The summed E-state index contributed by atoms with van der Waals surface area (Å²) in [6.07, 6.45) is 3.58. The van der Waals surface area contributed by atoms with Crippen molar-refractivity contribution in [1.29, 1.82) is 0 Å². The molecule has 1 aliphatic heterocycles. The summed E-state index contributed by atoms with van der Waals surface area (Å²) in [7, 11) is 1.62. The molecule has 1 aromatic carbocycles. The minimum absolute atomic E-state index is 0.147. The maximum atomic E-state index is 12.1. The van der Waals surface area contributed by atoms with Gasteiger partial charge in [0.2, 0.25) is 5.91 Å². The molecule has 0 spiro atoms. The largest absolute Gasteiger partial charge is 0.495 e. The molecule has 1 saturated heterocycles. The molecule has 1 aliphatic rings. The van der Waals surface area contributed by atoms with Gasteiger partial charge in [0, 0.05) is 25.2 Å². The number of hydrogen-bond acceptors (Lipinski definition) is 3. The molecule has 0 saturated carbocycles. The van der Waals surface area contributed by atoms with Gasteiger partial charge < -0.3 is 20.3 Å². The van der Waals surface area contributed by atoms with Gasteiger partial charge in [-0.25, -0.2) is 0 Å². The van der Waals surface area contributed by atoms with Crippen LogP contribution in [0, 0.1) is 0 Å². The van der Waals surface area contributed by atoms with E-state index in [1.54, 1.807) is 12.0 Å². The van der Waals surface area contributed by atoms with E-state index in [2.05, 4.69) is 17.6 Å². The lowest BCUT2D eigenvalue weighted by Gasteiger charge is -2.28.